The van der Waals surface area contributed by atoms with Crippen molar-refractivity contribution in [2.45, 2.75) is 26.4 Å². The molecule has 1 saturated heterocycles. The van der Waals surface area contributed by atoms with Gasteiger partial charge < -0.3 is 4.74 Å². The van der Waals surface area contributed by atoms with Crippen LogP contribution in [0.25, 0.3) is 0 Å². The Morgan fingerprint density at radius 3 is 2.84 bits per heavy atom. The molecule has 0 N–H and O–H groups in total. The maximum absolute atomic E-state index is 12.9. The number of benzene rings is 1. The minimum atomic E-state index is -0.182. The van der Waals surface area contributed by atoms with Gasteiger partial charge in [-0.2, -0.15) is 0 Å². The molecule has 2 nitrogen and oxygen atoms in total. The molecule has 104 valence electrons. The SMILES string of the molecule is C/C=C(\C)CN1CCO[C@H](Cc2ccc(F)cc2)C1. The van der Waals surface area contributed by atoms with Crippen LogP contribution in [0.1, 0.15) is 19.4 Å². The van der Waals surface area contributed by atoms with Gasteiger partial charge in [0.05, 0.1) is 12.7 Å². The second kappa shape index (κ2) is 6.83. The number of rotatable bonds is 4. The first-order chi connectivity index (χ1) is 9.17. The summed E-state index contributed by atoms with van der Waals surface area (Å²) in [5.74, 6) is -0.182. The predicted molar refractivity (Wildman–Crippen MR) is 75.7 cm³/mol. The lowest BCUT2D eigenvalue weighted by atomic mass is 10.1. The Bertz CT molecular complexity index is 427. The number of morpholine rings is 1. The molecule has 0 radical (unpaired) electrons. The Morgan fingerprint density at radius 2 is 2.16 bits per heavy atom. The third-order valence-corrected chi connectivity index (χ3v) is 3.57. The fraction of sp³-hybridized carbons (Fsp3) is 0.500. The van der Waals surface area contributed by atoms with Crippen molar-refractivity contribution < 1.29 is 9.13 Å². The van der Waals surface area contributed by atoms with Crippen molar-refractivity contribution in [2.75, 3.05) is 26.2 Å². The quantitative estimate of drug-likeness (QED) is 0.774. The lowest BCUT2D eigenvalue weighted by Crippen LogP contribution is -2.43. The monoisotopic (exact) mass is 263 g/mol. The summed E-state index contributed by atoms with van der Waals surface area (Å²) in [6, 6.07) is 6.71. The van der Waals surface area contributed by atoms with E-state index in [0.29, 0.717) is 0 Å². The number of halogens is 1. The molecule has 0 amide bonds. The van der Waals surface area contributed by atoms with Gasteiger partial charge in [-0.3, -0.25) is 4.90 Å². The molecule has 0 bridgehead atoms. The van der Waals surface area contributed by atoms with Crippen molar-refractivity contribution in [3.05, 3.63) is 47.3 Å². The molecule has 0 aromatic heterocycles. The Labute approximate surface area is 114 Å². The molecule has 1 aliphatic rings. The summed E-state index contributed by atoms with van der Waals surface area (Å²) in [5.41, 5.74) is 2.53. The summed E-state index contributed by atoms with van der Waals surface area (Å²) in [7, 11) is 0. The van der Waals surface area contributed by atoms with Gasteiger partial charge in [0.15, 0.2) is 0 Å². The molecule has 1 atom stereocenters. The molecule has 1 aromatic carbocycles. The zero-order chi connectivity index (χ0) is 13.7. The van der Waals surface area contributed by atoms with Crippen LogP contribution in [0.5, 0.6) is 0 Å². The van der Waals surface area contributed by atoms with Gasteiger partial charge in [0, 0.05) is 19.6 Å². The molecule has 3 heteroatoms. The maximum Gasteiger partial charge on any atom is 0.123 e. The second-order valence-electron chi connectivity index (χ2n) is 5.19. The molecular weight excluding hydrogens is 241 g/mol. The minimum absolute atomic E-state index is 0.182. The van der Waals surface area contributed by atoms with E-state index in [-0.39, 0.29) is 11.9 Å². The second-order valence-corrected chi connectivity index (χ2v) is 5.19. The lowest BCUT2D eigenvalue weighted by Gasteiger charge is -2.33. The van der Waals surface area contributed by atoms with E-state index >= 15 is 0 Å². The van der Waals surface area contributed by atoms with Gasteiger partial charge in [0.25, 0.3) is 0 Å². The van der Waals surface area contributed by atoms with E-state index < -0.39 is 0 Å². The van der Waals surface area contributed by atoms with Crippen LogP contribution in [0.15, 0.2) is 35.9 Å². The highest BCUT2D eigenvalue weighted by molar-refractivity contribution is 5.17. The normalized spacial score (nSPS) is 21.6. The number of hydrogen-bond acceptors (Lipinski definition) is 2. The van der Waals surface area contributed by atoms with Crippen LogP contribution in [0.2, 0.25) is 0 Å². The lowest BCUT2D eigenvalue weighted by molar-refractivity contribution is -0.0244. The van der Waals surface area contributed by atoms with E-state index in [0.717, 1.165) is 38.2 Å². The van der Waals surface area contributed by atoms with Crippen LogP contribution in [0.4, 0.5) is 4.39 Å². The van der Waals surface area contributed by atoms with E-state index in [1.807, 2.05) is 12.1 Å². The average Bonchev–Trinajstić information content (AvgIpc) is 2.42. The van der Waals surface area contributed by atoms with Crippen molar-refractivity contribution in [3.8, 4) is 0 Å². The van der Waals surface area contributed by atoms with Crippen molar-refractivity contribution >= 4 is 0 Å². The third-order valence-electron chi connectivity index (χ3n) is 3.57. The summed E-state index contributed by atoms with van der Waals surface area (Å²) in [4.78, 5) is 2.42. The van der Waals surface area contributed by atoms with Crippen LogP contribution >= 0.6 is 0 Å². The topological polar surface area (TPSA) is 12.5 Å². The summed E-state index contributed by atoms with van der Waals surface area (Å²) < 4.78 is 18.7. The first-order valence-electron chi connectivity index (χ1n) is 6.87. The molecule has 0 saturated carbocycles. The molecular formula is C16H22FNO. The van der Waals surface area contributed by atoms with E-state index in [1.165, 1.54) is 17.7 Å². The summed E-state index contributed by atoms with van der Waals surface area (Å²) in [5, 5.41) is 0. The summed E-state index contributed by atoms with van der Waals surface area (Å²) in [6.45, 7) is 7.96. The standard InChI is InChI=1S/C16H22FNO/c1-3-13(2)11-18-8-9-19-16(12-18)10-14-4-6-15(17)7-5-14/h3-7,16H,8-12H2,1-2H3/b13-3+/t16-/m1/s1. The van der Waals surface area contributed by atoms with Gasteiger partial charge in [-0.25, -0.2) is 4.39 Å². The van der Waals surface area contributed by atoms with Crippen LogP contribution in [0.3, 0.4) is 0 Å². The maximum atomic E-state index is 12.9. The smallest absolute Gasteiger partial charge is 0.123 e. The van der Waals surface area contributed by atoms with E-state index in [4.69, 9.17) is 4.74 Å². The van der Waals surface area contributed by atoms with Gasteiger partial charge in [-0.1, -0.05) is 23.8 Å². The molecule has 0 aliphatic carbocycles. The highest BCUT2D eigenvalue weighted by atomic mass is 19.1. The van der Waals surface area contributed by atoms with Gasteiger partial charge in [-0.05, 0) is 38.0 Å². The zero-order valence-electron chi connectivity index (χ0n) is 11.7. The highest BCUT2D eigenvalue weighted by Gasteiger charge is 2.20. The zero-order valence-corrected chi connectivity index (χ0v) is 11.7. The van der Waals surface area contributed by atoms with Crippen molar-refractivity contribution in [1.82, 2.24) is 4.90 Å². The Kier molecular flexibility index (Phi) is 5.11. The van der Waals surface area contributed by atoms with Crippen LogP contribution in [0, 0.1) is 5.82 Å². The number of ether oxygens (including phenoxy) is 1. The largest absolute Gasteiger partial charge is 0.375 e. The Morgan fingerprint density at radius 1 is 1.42 bits per heavy atom. The Hall–Kier alpha value is -1.19. The molecule has 1 aliphatic heterocycles. The molecule has 1 aromatic rings. The van der Waals surface area contributed by atoms with Gasteiger partial charge in [-0.15, -0.1) is 0 Å². The summed E-state index contributed by atoms with van der Waals surface area (Å²) in [6.07, 6.45) is 3.22. The van der Waals surface area contributed by atoms with Crippen molar-refractivity contribution in [3.63, 3.8) is 0 Å². The van der Waals surface area contributed by atoms with Crippen LogP contribution in [-0.4, -0.2) is 37.2 Å². The number of nitrogens with zero attached hydrogens (tertiary/aromatic N) is 1. The fourth-order valence-electron chi connectivity index (χ4n) is 2.37. The third kappa shape index (κ3) is 4.44. The van der Waals surface area contributed by atoms with Gasteiger partial charge >= 0.3 is 0 Å². The number of hydrogen-bond donors (Lipinski definition) is 0. The predicted octanol–water partition coefficient (Wildman–Crippen LogP) is 3.04. The average molecular weight is 263 g/mol. The van der Waals surface area contributed by atoms with Crippen LogP contribution in [-0.2, 0) is 11.2 Å². The Balaban J connectivity index is 1.88. The fourth-order valence-corrected chi connectivity index (χ4v) is 2.37. The first-order valence-corrected chi connectivity index (χ1v) is 6.87. The van der Waals surface area contributed by atoms with Gasteiger partial charge in [0.2, 0.25) is 0 Å². The highest BCUT2D eigenvalue weighted by Crippen LogP contribution is 2.13. The van der Waals surface area contributed by atoms with Crippen molar-refractivity contribution in [1.29, 1.82) is 0 Å². The van der Waals surface area contributed by atoms with E-state index in [1.54, 1.807) is 0 Å². The van der Waals surface area contributed by atoms with Crippen LogP contribution < -0.4 is 0 Å². The molecule has 0 spiro atoms. The summed E-state index contributed by atoms with van der Waals surface area (Å²) >= 11 is 0. The number of allylic oxidation sites excluding steroid dienone is 1. The van der Waals surface area contributed by atoms with Crippen molar-refractivity contribution in [2.24, 2.45) is 0 Å². The van der Waals surface area contributed by atoms with Gasteiger partial charge in [0.1, 0.15) is 5.82 Å². The minimum Gasteiger partial charge on any atom is -0.375 e. The molecule has 1 fully saturated rings. The molecule has 19 heavy (non-hydrogen) atoms. The van der Waals surface area contributed by atoms with E-state index in [2.05, 4.69) is 24.8 Å². The molecule has 2 rings (SSSR count). The molecule has 1 heterocycles. The van der Waals surface area contributed by atoms with E-state index in [9.17, 15) is 4.39 Å². The first kappa shape index (κ1) is 14.2. The molecule has 0 unspecified atom stereocenters.